The third kappa shape index (κ3) is 3.70. The first kappa shape index (κ1) is 15.0. The standard InChI is InChI=1S/C13H24N2O3/c1-8(7-12(16)17)14-13(18)11(4)15-9(2)5-6-10(15)3/h8-11H,5-7H2,1-4H3,(H,14,18)(H,16,17). The van der Waals surface area contributed by atoms with Crippen molar-refractivity contribution in [1.29, 1.82) is 0 Å². The van der Waals surface area contributed by atoms with E-state index in [1.54, 1.807) is 6.92 Å². The van der Waals surface area contributed by atoms with E-state index in [1.165, 1.54) is 0 Å². The molecule has 1 aliphatic rings. The minimum absolute atomic E-state index is 0.0381. The molecular formula is C13H24N2O3. The second-order valence-corrected chi connectivity index (χ2v) is 5.41. The first-order chi connectivity index (χ1) is 8.32. The summed E-state index contributed by atoms with van der Waals surface area (Å²) in [6.07, 6.45) is 2.19. The molecule has 2 N–H and O–H groups in total. The van der Waals surface area contributed by atoms with Crippen LogP contribution in [0.15, 0.2) is 0 Å². The van der Waals surface area contributed by atoms with Crippen molar-refractivity contribution >= 4 is 11.9 Å². The number of carbonyl (C=O) groups excluding carboxylic acids is 1. The SMILES string of the molecule is CC(CC(=O)O)NC(=O)C(C)N1C(C)CCC1C. The molecule has 4 atom stereocenters. The molecule has 4 unspecified atom stereocenters. The second kappa shape index (κ2) is 6.18. The Labute approximate surface area is 109 Å². The monoisotopic (exact) mass is 256 g/mol. The highest BCUT2D eigenvalue weighted by atomic mass is 16.4. The van der Waals surface area contributed by atoms with Gasteiger partial charge >= 0.3 is 5.97 Å². The number of rotatable bonds is 5. The maximum atomic E-state index is 12.1. The Hall–Kier alpha value is -1.10. The number of hydrogen-bond donors (Lipinski definition) is 2. The zero-order valence-electron chi connectivity index (χ0n) is 11.6. The van der Waals surface area contributed by atoms with Crippen molar-refractivity contribution in [1.82, 2.24) is 10.2 Å². The molecule has 18 heavy (non-hydrogen) atoms. The molecule has 1 amide bonds. The van der Waals surface area contributed by atoms with Gasteiger partial charge in [0.25, 0.3) is 0 Å². The number of aliphatic carboxylic acids is 1. The number of hydrogen-bond acceptors (Lipinski definition) is 3. The number of amides is 1. The average molecular weight is 256 g/mol. The summed E-state index contributed by atoms with van der Waals surface area (Å²) < 4.78 is 0. The molecule has 5 heteroatoms. The van der Waals surface area contributed by atoms with Crippen molar-refractivity contribution in [3.63, 3.8) is 0 Å². The van der Waals surface area contributed by atoms with Gasteiger partial charge in [0.15, 0.2) is 0 Å². The molecule has 0 bridgehead atoms. The van der Waals surface area contributed by atoms with Crippen molar-refractivity contribution in [2.24, 2.45) is 0 Å². The van der Waals surface area contributed by atoms with Crippen LogP contribution in [0.3, 0.4) is 0 Å². The topological polar surface area (TPSA) is 69.6 Å². The fourth-order valence-corrected chi connectivity index (χ4v) is 2.79. The van der Waals surface area contributed by atoms with Gasteiger partial charge in [-0.1, -0.05) is 0 Å². The van der Waals surface area contributed by atoms with Gasteiger partial charge in [-0.05, 0) is 40.5 Å². The van der Waals surface area contributed by atoms with Gasteiger partial charge in [-0.15, -0.1) is 0 Å². The van der Waals surface area contributed by atoms with Gasteiger partial charge in [-0.25, -0.2) is 0 Å². The smallest absolute Gasteiger partial charge is 0.305 e. The second-order valence-electron chi connectivity index (χ2n) is 5.41. The van der Waals surface area contributed by atoms with E-state index < -0.39 is 5.97 Å². The predicted octanol–water partition coefficient (Wildman–Crippen LogP) is 1.23. The van der Waals surface area contributed by atoms with Crippen LogP contribution in [-0.4, -0.2) is 46.1 Å². The maximum absolute atomic E-state index is 12.1. The van der Waals surface area contributed by atoms with Gasteiger partial charge in [0.1, 0.15) is 0 Å². The molecule has 0 aliphatic carbocycles. The van der Waals surface area contributed by atoms with Crippen molar-refractivity contribution < 1.29 is 14.7 Å². The largest absolute Gasteiger partial charge is 0.481 e. The number of carboxylic acids is 1. The van der Waals surface area contributed by atoms with Crippen molar-refractivity contribution in [2.45, 2.75) is 71.1 Å². The molecule has 1 aliphatic heterocycles. The predicted molar refractivity (Wildman–Crippen MR) is 69.3 cm³/mol. The molecule has 1 heterocycles. The minimum atomic E-state index is -0.890. The zero-order chi connectivity index (χ0) is 13.9. The van der Waals surface area contributed by atoms with Gasteiger partial charge < -0.3 is 10.4 Å². The number of likely N-dealkylation sites (tertiary alicyclic amines) is 1. The summed E-state index contributed by atoms with van der Waals surface area (Å²) in [6, 6.07) is 0.297. The fraction of sp³-hybridized carbons (Fsp3) is 0.846. The van der Waals surface area contributed by atoms with Crippen LogP contribution in [0.2, 0.25) is 0 Å². The third-order valence-corrected chi connectivity index (χ3v) is 3.72. The van der Waals surface area contributed by atoms with Crippen LogP contribution in [0.25, 0.3) is 0 Å². The lowest BCUT2D eigenvalue weighted by molar-refractivity contribution is -0.137. The summed E-state index contributed by atoms with van der Waals surface area (Å²) in [6.45, 7) is 7.87. The number of carboxylic acid groups (broad SMARTS) is 1. The Morgan fingerprint density at radius 2 is 1.78 bits per heavy atom. The fourth-order valence-electron chi connectivity index (χ4n) is 2.79. The van der Waals surface area contributed by atoms with Crippen LogP contribution in [0, 0.1) is 0 Å². The average Bonchev–Trinajstić information content (AvgIpc) is 2.56. The summed E-state index contributed by atoms with van der Waals surface area (Å²) in [4.78, 5) is 24.8. The highest BCUT2D eigenvalue weighted by Gasteiger charge is 2.34. The third-order valence-electron chi connectivity index (χ3n) is 3.72. The van der Waals surface area contributed by atoms with Crippen molar-refractivity contribution in [2.75, 3.05) is 0 Å². The molecule has 0 aromatic heterocycles. The van der Waals surface area contributed by atoms with Crippen LogP contribution in [0.5, 0.6) is 0 Å². The molecule has 0 saturated carbocycles. The van der Waals surface area contributed by atoms with E-state index in [-0.39, 0.29) is 24.4 Å². The van der Waals surface area contributed by atoms with E-state index in [4.69, 9.17) is 5.11 Å². The van der Waals surface area contributed by atoms with Crippen LogP contribution < -0.4 is 5.32 Å². The summed E-state index contributed by atoms with van der Waals surface area (Å²) in [5.74, 6) is -0.970. The Kier molecular flexibility index (Phi) is 5.14. The molecule has 1 rings (SSSR count). The molecule has 104 valence electrons. The quantitative estimate of drug-likeness (QED) is 0.776. The van der Waals surface area contributed by atoms with Crippen LogP contribution >= 0.6 is 0 Å². The summed E-state index contributed by atoms with van der Waals surface area (Å²) in [5.41, 5.74) is 0. The molecule has 1 saturated heterocycles. The molecule has 1 fully saturated rings. The van der Waals surface area contributed by atoms with Crippen LogP contribution in [0.1, 0.15) is 47.0 Å². The first-order valence-electron chi connectivity index (χ1n) is 6.62. The van der Waals surface area contributed by atoms with Crippen LogP contribution in [0.4, 0.5) is 0 Å². The van der Waals surface area contributed by atoms with E-state index in [1.807, 2.05) is 6.92 Å². The van der Waals surface area contributed by atoms with E-state index in [9.17, 15) is 9.59 Å². The molecule has 0 spiro atoms. The lowest BCUT2D eigenvalue weighted by Gasteiger charge is -2.32. The number of carbonyl (C=O) groups is 2. The van der Waals surface area contributed by atoms with Crippen molar-refractivity contribution in [3.05, 3.63) is 0 Å². The molecule has 0 aromatic rings. The van der Waals surface area contributed by atoms with E-state index >= 15 is 0 Å². The Bertz CT molecular complexity index is 309. The van der Waals surface area contributed by atoms with Crippen molar-refractivity contribution in [3.8, 4) is 0 Å². The van der Waals surface area contributed by atoms with Gasteiger partial charge in [0, 0.05) is 18.1 Å². The minimum Gasteiger partial charge on any atom is -0.481 e. The van der Waals surface area contributed by atoms with E-state index in [2.05, 4.69) is 24.1 Å². The summed E-state index contributed by atoms with van der Waals surface area (Å²) in [7, 11) is 0. The zero-order valence-corrected chi connectivity index (χ0v) is 11.6. The lowest BCUT2D eigenvalue weighted by atomic mass is 10.1. The lowest BCUT2D eigenvalue weighted by Crippen LogP contribution is -2.51. The van der Waals surface area contributed by atoms with Gasteiger partial charge in [-0.3, -0.25) is 14.5 Å². The normalized spacial score (nSPS) is 27.8. The summed E-state index contributed by atoms with van der Waals surface area (Å²) >= 11 is 0. The Balaban J connectivity index is 2.53. The molecule has 0 radical (unpaired) electrons. The van der Waals surface area contributed by atoms with Crippen LogP contribution in [-0.2, 0) is 9.59 Å². The highest BCUT2D eigenvalue weighted by Crippen LogP contribution is 2.25. The van der Waals surface area contributed by atoms with Gasteiger partial charge in [0.05, 0.1) is 12.5 Å². The first-order valence-corrected chi connectivity index (χ1v) is 6.62. The Morgan fingerprint density at radius 3 is 2.22 bits per heavy atom. The Morgan fingerprint density at radius 1 is 1.28 bits per heavy atom. The maximum Gasteiger partial charge on any atom is 0.305 e. The molecule has 5 nitrogen and oxygen atoms in total. The van der Waals surface area contributed by atoms with Gasteiger partial charge in [-0.2, -0.15) is 0 Å². The van der Waals surface area contributed by atoms with E-state index in [0.29, 0.717) is 12.1 Å². The molecule has 0 aromatic carbocycles. The molecular weight excluding hydrogens is 232 g/mol. The summed E-state index contributed by atoms with van der Waals surface area (Å²) in [5, 5.41) is 11.4. The number of nitrogens with one attached hydrogen (secondary N) is 1. The highest BCUT2D eigenvalue weighted by molar-refractivity contribution is 5.82. The van der Waals surface area contributed by atoms with Gasteiger partial charge in [0.2, 0.25) is 5.91 Å². The number of nitrogens with zero attached hydrogens (tertiary/aromatic N) is 1. The van der Waals surface area contributed by atoms with E-state index in [0.717, 1.165) is 12.8 Å².